The molecule has 0 radical (unpaired) electrons. The van der Waals surface area contributed by atoms with Gasteiger partial charge in [-0.2, -0.15) is 13.2 Å². The third kappa shape index (κ3) is 5.25. The minimum atomic E-state index is -4.09. The number of hydrogen-bond donors (Lipinski definition) is 1. The molecule has 1 fully saturated rings. The van der Waals surface area contributed by atoms with Crippen molar-refractivity contribution in [1.82, 2.24) is 10.2 Å². The molecular formula is C12H23F3N2. The zero-order valence-electron chi connectivity index (χ0n) is 10.7. The SMILES string of the molecule is CCCC(C)N(CC(F)(F)F)C1CCNCC1. The molecule has 5 heteroatoms. The van der Waals surface area contributed by atoms with Gasteiger partial charge in [-0.3, -0.25) is 4.90 Å². The van der Waals surface area contributed by atoms with E-state index in [9.17, 15) is 13.2 Å². The summed E-state index contributed by atoms with van der Waals surface area (Å²) in [5.41, 5.74) is 0. The molecular weight excluding hydrogens is 229 g/mol. The highest BCUT2D eigenvalue weighted by molar-refractivity contribution is 4.82. The molecule has 17 heavy (non-hydrogen) atoms. The van der Waals surface area contributed by atoms with Crippen LogP contribution >= 0.6 is 0 Å². The van der Waals surface area contributed by atoms with E-state index in [1.54, 1.807) is 4.90 Å². The fraction of sp³-hybridized carbons (Fsp3) is 1.00. The fourth-order valence-corrected chi connectivity index (χ4v) is 2.57. The van der Waals surface area contributed by atoms with Crippen LogP contribution in [0.2, 0.25) is 0 Å². The van der Waals surface area contributed by atoms with Crippen LogP contribution in [0.3, 0.4) is 0 Å². The summed E-state index contributed by atoms with van der Waals surface area (Å²) in [6.45, 7) is 4.83. The lowest BCUT2D eigenvalue weighted by Crippen LogP contribution is -2.50. The summed E-state index contributed by atoms with van der Waals surface area (Å²) < 4.78 is 37.8. The zero-order valence-corrected chi connectivity index (χ0v) is 10.7. The Bertz CT molecular complexity index is 212. The van der Waals surface area contributed by atoms with Crippen molar-refractivity contribution in [3.8, 4) is 0 Å². The zero-order chi connectivity index (χ0) is 12.9. The quantitative estimate of drug-likeness (QED) is 0.809. The summed E-state index contributed by atoms with van der Waals surface area (Å²) in [5.74, 6) is 0. The largest absolute Gasteiger partial charge is 0.401 e. The molecule has 102 valence electrons. The van der Waals surface area contributed by atoms with Crippen LogP contribution in [0.25, 0.3) is 0 Å². The Morgan fingerprint density at radius 1 is 1.29 bits per heavy atom. The number of hydrogen-bond acceptors (Lipinski definition) is 2. The second-order valence-electron chi connectivity index (χ2n) is 4.91. The molecule has 1 aliphatic rings. The minimum Gasteiger partial charge on any atom is -0.317 e. The van der Waals surface area contributed by atoms with Gasteiger partial charge in [-0.1, -0.05) is 13.3 Å². The molecule has 0 bridgehead atoms. The van der Waals surface area contributed by atoms with Crippen molar-refractivity contribution >= 4 is 0 Å². The van der Waals surface area contributed by atoms with E-state index < -0.39 is 12.7 Å². The molecule has 1 heterocycles. The Morgan fingerprint density at radius 3 is 2.35 bits per heavy atom. The van der Waals surface area contributed by atoms with Crippen LogP contribution in [0, 0.1) is 0 Å². The van der Waals surface area contributed by atoms with Gasteiger partial charge in [0, 0.05) is 12.1 Å². The molecule has 0 amide bonds. The van der Waals surface area contributed by atoms with Gasteiger partial charge in [-0.05, 0) is 39.3 Å². The van der Waals surface area contributed by atoms with Gasteiger partial charge in [0.15, 0.2) is 0 Å². The predicted octanol–water partition coefficient (Wildman–Crippen LogP) is 2.79. The lowest BCUT2D eigenvalue weighted by molar-refractivity contribution is -0.157. The molecule has 1 aliphatic heterocycles. The summed E-state index contributed by atoms with van der Waals surface area (Å²) >= 11 is 0. The van der Waals surface area contributed by atoms with Crippen molar-refractivity contribution < 1.29 is 13.2 Å². The van der Waals surface area contributed by atoms with Crippen molar-refractivity contribution in [2.24, 2.45) is 0 Å². The van der Waals surface area contributed by atoms with Gasteiger partial charge in [-0.25, -0.2) is 0 Å². The monoisotopic (exact) mass is 252 g/mol. The maximum absolute atomic E-state index is 12.6. The second-order valence-corrected chi connectivity index (χ2v) is 4.91. The van der Waals surface area contributed by atoms with Crippen LogP contribution in [0.5, 0.6) is 0 Å². The van der Waals surface area contributed by atoms with E-state index in [-0.39, 0.29) is 12.1 Å². The molecule has 1 saturated heterocycles. The van der Waals surface area contributed by atoms with Gasteiger partial charge in [0.2, 0.25) is 0 Å². The predicted molar refractivity (Wildman–Crippen MR) is 63.0 cm³/mol. The van der Waals surface area contributed by atoms with Crippen LogP contribution in [-0.2, 0) is 0 Å². The molecule has 0 saturated carbocycles. The van der Waals surface area contributed by atoms with Gasteiger partial charge >= 0.3 is 6.18 Å². The first kappa shape index (κ1) is 14.8. The highest BCUT2D eigenvalue weighted by Gasteiger charge is 2.36. The van der Waals surface area contributed by atoms with E-state index in [1.807, 2.05) is 13.8 Å². The third-order valence-corrected chi connectivity index (χ3v) is 3.41. The average molecular weight is 252 g/mol. The van der Waals surface area contributed by atoms with E-state index in [4.69, 9.17) is 0 Å². The summed E-state index contributed by atoms with van der Waals surface area (Å²) in [6.07, 6.45) is -0.679. The molecule has 0 aromatic rings. The van der Waals surface area contributed by atoms with Crippen LogP contribution in [-0.4, -0.2) is 42.8 Å². The molecule has 0 spiro atoms. The Balaban J connectivity index is 2.62. The number of rotatable bonds is 5. The number of nitrogens with zero attached hydrogens (tertiary/aromatic N) is 1. The van der Waals surface area contributed by atoms with E-state index in [0.29, 0.717) is 0 Å². The number of halogens is 3. The van der Waals surface area contributed by atoms with Gasteiger partial charge in [0.1, 0.15) is 0 Å². The molecule has 1 unspecified atom stereocenters. The molecule has 0 aromatic heterocycles. The number of alkyl halides is 3. The highest BCUT2D eigenvalue weighted by Crippen LogP contribution is 2.24. The summed E-state index contributed by atoms with van der Waals surface area (Å²) in [7, 11) is 0. The van der Waals surface area contributed by atoms with Crippen LogP contribution in [0.4, 0.5) is 13.2 Å². The van der Waals surface area contributed by atoms with Crippen LogP contribution in [0.1, 0.15) is 39.5 Å². The first-order valence-corrected chi connectivity index (χ1v) is 6.47. The van der Waals surface area contributed by atoms with Gasteiger partial charge in [-0.15, -0.1) is 0 Å². The third-order valence-electron chi connectivity index (χ3n) is 3.41. The van der Waals surface area contributed by atoms with Gasteiger partial charge in [0.05, 0.1) is 6.54 Å². The Morgan fingerprint density at radius 2 is 1.88 bits per heavy atom. The van der Waals surface area contributed by atoms with Gasteiger partial charge in [0.25, 0.3) is 0 Å². The van der Waals surface area contributed by atoms with E-state index in [0.717, 1.165) is 38.8 Å². The van der Waals surface area contributed by atoms with E-state index in [1.165, 1.54) is 0 Å². The minimum absolute atomic E-state index is 0.0183. The summed E-state index contributed by atoms with van der Waals surface area (Å²) in [4.78, 5) is 1.66. The molecule has 0 aliphatic carbocycles. The molecule has 1 rings (SSSR count). The van der Waals surface area contributed by atoms with Crippen molar-refractivity contribution in [3.05, 3.63) is 0 Å². The topological polar surface area (TPSA) is 15.3 Å². The fourth-order valence-electron chi connectivity index (χ4n) is 2.57. The Hall–Kier alpha value is -0.290. The first-order chi connectivity index (χ1) is 7.94. The normalized spacial score (nSPS) is 20.8. The molecule has 1 N–H and O–H groups in total. The first-order valence-electron chi connectivity index (χ1n) is 6.47. The smallest absolute Gasteiger partial charge is 0.317 e. The maximum atomic E-state index is 12.6. The Kier molecular flexibility index (Phi) is 5.73. The van der Waals surface area contributed by atoms with E-state index >= 15 is 0 Å². The second kappa shape index (κ2) is 6.59. The lowest BCUT2D eigenvalue weighted by Gasteiger charge is -2.39. The van der Waals surface area contributed by atoms with Crippen LogP contribution in [0.15, 0.2) is 0 Å². The summed E-state index contributed by atoms with van der Waals surface area (Å²) in [6, 6.07) is 0.101. The molecule has 2 nitrogen and oxygen atoms in total. The number of piperidine rings is 1. The Labute approximate surface area is 102 Å². The number of nitrogens with one attached hydrogen (secondary N) is 1. The lowest BCUT2D eigenvalue weighted by atomic mass is 10.0. The van der Waals surface area contributed by atoms with Crippen molar-refractivity contribution in [2.75, 3.05) is 19.6 Å². The van der Waals surface area contributed by atoms with E-state index in [2.05, 4.69) is 5.32 Å². The molecule has 1 atom stereocenters. The standard InChI is InChI=1S/C12H23F3N2/c1-3-4-10(2)17(9-12(13,14)15)11-5-7-16-8-6-11/h10-11,16H,3-9H2,1-2H3. The molecule has 0 aromatic carbocycles. The van der Waals surface area contributed by atoms with Crippen molar-refractivity contribution in [1.29, 1.82) is 0 Å². The van der Waals surface area contributed by atoms with Crippen LogP contribution < -0.4 is 5.32 Å². The average Bonchev–Trinajstić information content (AvgIpc) is 2.26. The summed E-state index contributed by atoms with van der Waals surface area (Å²) in [5, 5.41) is 3.20. The van der Waals surface area contributed by atoms with Crippen molar-refractivity contribution in [2.45, 2.75) is 57.8 Å². The maximum Gasteiger partial charge on any atom is 0.401 e. The highest BCUT2D eigenvalue weighted by atomic mass is 19.4. The van der Waals surface area contributed by atoms with Gasteiger partial charge < -0.3 is 5.32 Å². The van der Waals surface area contributed by atoms with Crippen molar-refractivity contribution in [3.63, 3.8) is 0 Å².